The summed E-state index contributed by atoms with van der Waals surface area (Å²) in [4.78, 5) is 74.9. The van der Waals surface area contributed by atoms with Gasteiger partial charge in [0.25, 0.3) is 5.91 Å². The first-order chi connectivity index (χ1) is 43.4. The molecule has 0 fully saturated rings. The summed E-state index contributed by atoms with van der Waals surface area (Å²) in [7, 11) is 3.53. The Morgan fingerprint density at radius 1 is 0.484 bits per heavy atom. The van der Waals surface area contributed by atoms with Gasteiger partial charge in [0.1, 0.15) is 18.2 Å². The molecule has 2 aliphatic rings. The van der Waals surface area contributed by atoms with E-state index in [1.54, 1.807) is 23.9 Å². The van der Waals surface area contributed by atoms with E-state index in [-0.39, 0.29) is 60.0 Å². The number of rotatable bonds is 32. The first-order valence-corrected chi connectivity index (χ1v) is 33.5. The van der Waals surface area contributed by atoms with Crippen LogP contribution in [0, 0.1) is 23.7 Å². The number of aliphatic hydroxyl groups excluding tert-OH is 1. The second-order valence-corrected chi connectivity index (χ2v) is 25.2. The molecule has 0 aromatic heterocycles. The van der Waals surface area contributed by atoms with Gasteiger partial charge in [-0.2, -0.15) is 0 Å². The summed E-state index contributed by atoms with van der Waals surface area (Å²) in [5.74, 6) is -1.26. The summed E-state index contributed by atoms with van der Waals surface area (Å²) >= 11 is 0. The number of amides is 3. The molecule has 0 aliphatic carbocycles. The number of nitrogens with one attached hydrogen (secondary N) is 1. The van der Waals surface area contributed by atoms with Crippen molar-refractivity contribution in [2.75, 3.05) is 50.3 Å². The molecule has 19 heteroatoms. The number of carbonyl (C=O) groups excluding carboxylic acids is 4. The normalized spacial score (nSPS) is 14.9. The van der Waals surface area contributed by atoms with E-state index in [1.165, 1.54) is 6.42 Å². The largest absolute Gasteiger partial charge is 1.00 e. The minimum Gasteiger partial charge on any atom is -0.870 e. The van der Waals surface area contributed by atoms with Crippen molar-refractivity contribution in [2.24, 2.45) is 29.4 Å². The minimum atomic E-state index is -1.19. The maximum atomic E-state index is 13.4. The molecule has 0 saturated carbocycles. The molecule has 93 heavy (non-hydrogen) atoms. The number of nitrogens with zero attached hydrogens (tertiary/aromatic N) is 2. The number of aliphatic hydroxyl groups is 1. The Morgan fingerprint density at radius 3 is 1.26 bits per heavy atom. The smallest absolute Gasteiger partial charge is 0.870 e. The molecule has 0 bridgehead atoms. The van der Waals surface area contributed by atoms with Gasteiger partial charge in [-0.05, 0) is 109 Å². The third-order valence-corrected chi connectivity index (χ3v) is 15.2. The van der Waals surface area contributed by atoms with Gasteiger partial charge in [-0.15, -0.1) is 0 Å². The van der Waals surface area contributed by atoms with Crippen LogP contribution in [0.5, 0.6) is 0 Å². The number of para-hydroxylation sites is 2. The van der Waals surface area contributed by atoms with Crippen LogP contribution in [0.3, 0.4) is 0 Å². The van der Waals surface area contributed by atoms with Crippen LogP contribution in [-0.2, 0) is 47.7 Å². The van der Waals surface area contributed by atoms with Gasteiger partial charge in [-0.3, -0.25) is 14.4 Å². The molecule has 0 saturated heterocycles. The van der Waals surface area contributed by atoms with E-state index in [9.17, 15) is 28.8 Å². The number of aliphatic carboxylic acids is 2. The Hall–Kier alpha value is -5.94. The SMILES string of the molecule is CC(C)CC(O)C(=O)O.CCCCCOC(=O)C(CC(C)C)OCCCCC.CCCCCOC(CC(C)C)C(=O)N[C@@H]1C(=O)N(C)c2ccccc2-c2ccccc21.CCCCCOC(CC(C)C)C(=O)O.CN1C(=O)[C@@H](N)c2ccccc2-c2ccccc21.[Li+].[OH-]. The van der Waals surface area contributed by atoms with Crippen LogP contribution in [0.15, 0.2) is 97.1 Å². The summed E-state index contributed by atoms with van der Waals surface area (Å²) < 4.78 is 22.3. The van der Waals surface area contributed by atoms with E-state index < -0.39 is 42.3 Å². The Morgan fingerprint density at radius 2 is 0.839 bits per heavy atom. The predicted octanol–water partition coefficient (Wildman–Crippen LogP) is 11.8. The number of carbonyl (C=O) groups is 6. The van der Waals surface area contributed by atoms with E-state index in [1.807, 2.05) is 125 Å². The average Bonchev–Trinajstić information content (AvgIpc) is 1.67. The van der Waals surface area contributed by atoms with Crippen molar-refractivity contribution >= 4 is 47.0 Å². The van der Waals surface area contributed by atoms with Crippen LogP contribution in [0.2, 0.25) is 0 Å². The number of nitrogens with two attached hydrogens (primary N) is 1. The molecule has 4 aromatic rings. The topological polar surface area (TPSA) is 275 Å². The minimum absolute atomic E-state index is 0. The van der Waals surface area contributed by atoms with Crippen molar-refractivity contribution in [1.82, 2.24) is 5.32 Å². The van der Waals surface area contributed by atoms with Crippen molar-refractivity contribution in [2.45, 2.75) is 222 Å². The van der Waals surface area contributed by atoms with Gasteiger partial charge in [0, 0.05) is 45.0 Å². The predicted molar refractivity (Wildman–Crippen MR) is 368 cm³/mol. The summed E-state index contributed by atoms with van der Waals surface area (Å²) in [6.45, 7) is 27.0. The molecule has 0 radical (unpaired) electrons. The molecule has 0 spiro atoms. The van der Waals surface area contributed by atoms with Gasteiger partial charge >= 0.3 is 36.8 Å². The molecule has 6 atom stereocenters. The molecule has 4 unspecified atom stereocenters. The Bertz CT molecular complexity index is 2710. The fourth-order valence-electron chi connectivity index (χ4n) is 10.2. The molecule has 2 heterocycles. The van der Waals surface area contributed by atoms with Crippen LogP contribution >= 0.6 is 0 Å². The maximum Gasteiger partial charge on any atom is 1.00 e. The second-order valence-electron chi connectivity index (χ2n) is 25.2. The van der Waals surface area contributed by atoms with Crippen molar-refractivity contribution in [3.8, 4) is 22.3 Å². The second kappa shape index (κ2) is 48.7. The number of hydrogen-bond donors (Lipinski definition) is 5. The summed E-state index contributed by atoms with van der Waals surface area (Å²) in [6.07, 6.45) is 12.4. The summed E-state index contributed by atoms with van der Waals surface area (Å²) in [5, 5.41) is 28.8. The quantitative estimate of drug-likeness (QED) is 0.0173. The number of esters is 1. The van der Waals surface area contributed by atoms with E-state index in [2.05, 4.69) is 60.7 Å². The van der Waals surface area contributed by atoms with Crippen molar-refractivity contribution < 1.29 is 87.4 Å². The molecular formula is C74H115LiN4O14. The molecular weight excluding hydrogens is 1180 g/mol. The van der Waals surface area contributed by atoms with E-state index in [4.69, 9.17) is 40.0 Å². The Kier molecular flexibility index (Phi) is 45.6. The van der Waals surface area contributed by atoms with Gasteiger partial charge in [0.2, 0.25) is 11.8 Å². The Balaban J connectivity index is 0.00000120. The van der Waals surface area contributed by atoms with E-state index in [0.717, 1.165) is 122 Å². The van der Waals surface area contributed by atoms with Crippen molar-refractivity contribution in [1.29, 1.82) is 0 Å². The van der Waals surface area contributed by atoms with E-state index >= 15 is 0 Å². The van der Waals surface area contributed by atoms with Crippen molar-refractivity contribution in [3.63, 3.8) is 0 Å². The third kappa shape index (κ3) is 31.9. The number of fused-ring (bicyclic) bond motifs is 6. The number of ether oxygens (including phenoxy) is 4. The molecule has 7 N–H and O–H groups in total. The zero-order valence-electron chi connectivity index (χ0n) is 59.0. The van der Waals surface area contributed by atoms with Crippen LogP contribution in [0.4, 0.5) is 11.4 Å². The Labute approximate surface area is 569 Å². The molecule has 4 aromatic carbocycles. The molecule has 516 valence electrons. The molecule has 2 aliphatic heterocycles. The zero-order chi connectivity index (χ0) is 68.0. The number of hydrogen-bond acceptors (Lipinski definition) is 13. The van der Waals surface area contributed by atoms with Gasteiger partial charge < -0.3 is 60.6 Å². The van der Waals surface area contributed by atoms with E-state index in [0.29, 0.717) is 63.4 Å². The number of benzene rings is 4. The maximum absolute atomic E-state index is 13.4. The molecule has 18 nitrogen and oxygen atoms in total. The number of likely N-dealkylation sites (N-methyl/N-ethyl adjacent to an activating group) is 2. The van der Waals surface area contributed by atoms with Crippen LogP contribution in [-0.4, -0.2) is 121 Å². The molecule has 3 amide bonds. The van der Waals surface area contributed by atoms with Crippen molar-refractivity contribution in [3.05, 3.63) is 108 Å². The molecule has 6 rings (SSSR count). The zero-order valence-corrected chi connectivity index (χ0v) is 59.0. The van der Waals surface area contributed by atoms with Gasteiger partial charge in [-0.1, -0.05) is 219 Å². The number of anilines is 2. The number of carboxylic acids is 2. The average molecular weight is 1290 g/mol. The fourth-order valence-corrected chi connectivity index (χ4v) is 10.2. The summed E-state index contributed by atoms with van der Waals surface area (Å²) in [6, 6.07) is 30.0. The standard InChI is InChI=1S/C26H34N2O3.C16H32O3.C15H14N2O.C11H22O3.C6H12O3.Li.H2O/c1-5-6-11-16-31-23(17-18(2)3)25(29)27-24-21-14-8-7-12-19(21)20-13-9-10-15-22(20)28(4)26(24)30;1-5-7-9-11-18-15(13-14(3)4)16(17)19-12-10-8-6-2;1-17-13-9-5-4-7-11(13)10-6-2-3-8-12(10)14(16)15(17)18;1-4-5-6-7-14-10(11(12)13)8-9(2)3;1-4(2)3-5(7)6(8)9;;/h7-10,12-15,18,23-24H,5-6,11,16-17H2,1-4H3,(H,27,29);14-15H,5-13H2,1-4H3;2-9,14H,16H2,1H3;9-10H,4-8H2,1-3H3,(H,12,13);4-5,7H,3H2,1-2H3,(H,8,9);;1H2/q;;;;;+1;/p-1/t23?,24-;;14-;;;;/m0.0..../s1. The first-order valence-electron chi connectivity index (χ1n) is 33.5. The summed E-state index contributed by atoms with van der Waals surface area (Å²) in [5.41, 5.74) is 13.6. The first kappa shape index (κ1) is 87.1. The fraction of sp³-hybridized carbons (Fsp3) is 0.595. The van der Waals surface area contributed by atoms with Crippen LogP contribution in [0.25, 0.3) is 22.3 Å². The van der Waals surface area contributed by atoms with Gasteiger partial charge in [-0.25, -0.2) is 14.4 Å². The number of unbranched alkanes of at least 4 members (excludes halogenated alkanes) is 8. The number of carboxylic acid groups (broad SMARTS) is 2. The van der Waals surface area contributed by atoms with Gasteiger partial charge in [0.15, 0.2) is 18.3 Å². The van der Waals surface area contributed by atoms with Gasteiger partial charge in [0.05, 0.1) is 18.0 Å². The monoisotopic (exact) mass is 1290 g/mol. The van der Waals surface area contributed by atoms with Crippen LogP contribution < -0.4 is 39.7 Å². The van der Waals surface area contributed by atoms with Crippen LogP contribution in [0.1, 0.15) is 209 Å². The third-order valence-electron chi connectivity index (χ3n) is 15.2.